The second-order valence-corrected chi connectivity index (χ2v) is 8.20. The van der Waals surface area contributed by atoms with E-state index in [1.807, 2.05) is 50.2 Å². The predicted molar refractivity (Wildman–Crippen MR) is 129 cm³/mol. The third-order valence-electron chi connectivity index (χ3n) is 4.75. The van der Waals surface area contributed by atoms with Gasteiger partial charge in [-0.25, -0.2) is 9.78 Å². The highest BCUT2D eigenvalue weighted by Gasteiger charge is 2.12. The standard InChI is InChI=1S/C23H25BrN4O4/c1-5-6-21-26-19-10-8-16(24)11-18(19)23(30)28(21)25-13-15-7-9-17(27(2)3)12-20(15)32-14-22(29)31-4/h7-13H,5-6,14H2,1-4H3. The largest absolute Gasteiger partial charge is 0.481 e. The van der Waals surface area contributed by atoms with E-state index in [1.165, 1.54) is 18.0 Å². The summed E-state index contributed by atoms with van der Waals surface area (Å²) in [5.41, 5.74) is 1.88. The van der Waals surface area contributed by atoms with Crippen molar-refractivity contribution < 1.29 is 14.3 Å². The molecule has 3 rings (SSSR count). The zero-order chi connectivity index (χ0) is 23.3. The first-order valence-electron chi connectivity index (χ1n) is 10.1. The van der Waals surface area contributed by atoms with Crippen LogP contribution in [0.3, 0.4) is 0 Å². The van der Waals surface area contributed by atoms with Gasteiger partial charge >= 0.3 is 5.97 Å². The molecule has 0 bridgehead atoms. The van der Waals surface area contributed by atoms with E-state index in [4.69, 9.17) is 4.74 Å². The van der Waals surface area contributed by atoms with Gasteiger partial charge in [0.25, 0.3) is 5.56 Å². The first-order chi connectivity index (χ1) is 15.3. The quantitative estimate of drug-likeness (QED) is 0.346. The fraction of sp³-hybridized carbons (Fsp3) is 0.304. The summed E-state index contributed by atoms with van der Waals surface area (Å²) in [6.07, 6.45) is 2.96. The average Bonchev–Trinajstić information content (AvgIpc) is 2.78. The van der Waals surface area contributed by atoms with E-state index in [1.54, 1.807) is 12.1 Å². The summed E-state index contributed by atoms with van der Waals surface area (Å²) >= 11 is 3.41. The van der Waals surface area contributed by atoms with Crippen molar-refractivity contribution in [2.45, 2.75) is 19.8 Å². The summed E-state index contributed by atoms with van der Waals surface area (Å²) in [6, 6.07) is 10.9. The summed E-state index contributed by atoms with van der Waals surface area (Å²) in [6.45, 7) is 1.78. The fourth-order valence-corrected chi connectivity index (χ4v) is 3.41. The van der Waals surface area contributed by atoms with Crippen molar-refractivity contribution in [1.82, 2.24) is 9.66 Å². The number of nitrogens with zero attached hydrogens (tertiary/aromatic N) is 4. The molecular formula is C23H25BrN4O4. The number of benzene rings is 2. The molecule has 3 aromatic rings. The van der Waals surface area contributed by atoms with E-state index < -0.39 is 5.97 Å². The molecule has 0 spiro atoms. The Labute approximate surface area is 194 Å². The summed E-state index contributed by atoms with van der Waals surface area (Å²) in [7, 11) is 5.11. The van der Waals surface area contributed by atoms with Crippen LogP contribution in [-0.2, 0) is 16.0 Å². The van der Waals surface area contributed by atoms with Gasteiger partial charge in [0.1, 0.15) is 11.6 Å². The SMILES string of the molecule is CCCc1nc2ccc(Br)cc2c(=O)n1N=Cc1ccc(N(C)C)cc1OCC(=O)OC. The van der Waals surface area contributed by atoms with Crippen LogP contribution in [0.4, 0.5) is 5.69 Å². The Hall–Kier alpha value is -3.20. The number of aromatic nitrogens is 2. The fourth-order valence-electron chi connectivity index (χ4n) is 3.05. The summed E-state index contributed by atoms with van der Waals surface area (Å²) in [5, 5.41) is 4.92. The zero-order valence-electron chi connectivity index (χ0n) is 18.5. The third-order valence-corrected chi connectivity index (χ3v) is 5.24. The lowest BCUT2D eigenvalue weighted by atomic mass is 10.2. The van der Waals surface area contributed by atoms with E-state index in [-0.39, 0.29) is 12.2 Å². The normalized spacial score (nSPS) is 11.2. The molecule has 0 unspecified atom stereocenters. The van der Waals surface area contributed by atoms with Crippen LogP contribution in [0.5, 0.6) is 5.75 Å². The van der Waals surface area contributed by atoms with Crippen LogP contribution >= 0.6 is 15.9 Å². The molecule has 0 aliphatic rings. The number of ether oxygens (including phenoxy) is 2. The number of rotatable bonds is 8. The monoisotopic (exact) mass is 500 g/mol. The molecule has 0 saturated heterocycles. The summed E-state index contributed by atoms with van der Waals surface area (Å²) in [4.78, 5) is 31.3. The Bertz CT molecular complexity index is 1220. The molecule has 1 heterocycles. The van der Waals surface area contributed by atoms with Gasteiger partial charge in [-0.05, 0) is 36.8 Å². The van der Waals surface area contributed by atoms with Gasteiger partial charge in [0, 0.05) is 42.3 Å². The van der Waals surface area contributed by atoms with Crippen molar-refractivity contribution in [2.75, 3.05) is 32.7 Å². The van der Waals surface area contributed by atoms with Gasteiger partial charge in [-0.2, -0.15) is 9.78 Å². The zero-order valence-corrected chi connectivity index (χ0v) is 20.0. The van der Waals surface area contributed by atoms with Crippen LogP contribution in [-0.4, -0.2) is 49.7 Å². The molecule has 0 amide bonds. The minimum atomic E-state index is -0.492. The van der Waals surface area contributed by atoms with Gasteiger partial charge in [0.2, 0.25) is 0 Å². The summed E-state index contributed by atoms with van der Waals surface area (Å²) in [5.74, 6) is 0.534. The Morgan fingerprint density at radius 3 is 2.72 bits per heavy atom. The highest BCUT2D eigenvalue weighted by molar-refractivity contribution is 9.10. The summed E-state index contributed by atoms with van der Waals surface area (Å²) < 4.78 is 12.4. The van der Waals surface area contributed by atoms with Gasteiger partial charge in [-0.15, -0.1) is 0 Å². The van der Waals surface area contributed by atoms with Gasteiger partial charge in [0.05, 0.1) is 24.2 Å². The lowest BCUT2D eigenvalue weighted by Crippen LogP contribution is -2.22. The average molecular weight is 501 g/mol. The minimum absolute atomic E-state index is 0.235. The van der Waals surface area contributed by atoms with Crippen LogP contribution < -0.4 is 15.2 Å². The second kappa shape index (κ2) is 10.4. The molecule has 0 fully saturated rings. The maximum absolute atomic E-state index is 13.2. The van der Waals surface area contributed by atoms with E-state index in [2.05, 4.69) is 30.8 Å². The number of halogens is 1. The van der Waals surface area contributed by atoms with Crippen molar-refractivity contribution in [1.29, 1.82) is 0 Å². The molecule has 2 aromatic carbocycles. The molecule has 168 valence electrons. The van der Waals surface area contributed by atoms with Crippen molar-refractivity contribution >= 4 is 44.7 Å². The number of carbonyl (C=O) groups excluding carboxylic acids is 1. The number of aryl methyl sites for hydroxylation is 1. The molecular weight excluding hydrogens is 476 g/mol. The maximum Gasteiger partial charge on any atom is 0.343 e. The van der Waals surface area contributed by atoms with E-state index >= 15 is 0 Å². The third kappa shape index (κ3) is 5.34. The molecule has 32 heavy (non-hydrogen) atoms. The molecule has 1 aromatic heterocycles. The molecule has 9 heteroatoms. The van der Waals surface area contributed by atoms with Crippen LogP contribution in [0.2, 0.25) is 0 Å². The second-order valence-electron chi connectivity index (χ2n) is 7.28. The Kier molecular flexibility index (Phi) is 7.63. The van der Waals surface area contributed by atoms with Crippen molar-refractivity contribution in [3.8, 4) is 5.75 Å². The molecule has 0 radical (unpaired) electrons. The Balaban J connectivity index is 2.07. The van der Waals surface area contributed by atoms with Crippen LogP contribution in [0.15, 0.2) is 50.8 Å². The highest BCUT2D eigenvalue weighted by Crippen LogP contribution is 2.24. The molecule has 0 saturated carbocycles. The van der Waals surface area contributed by atoms with Gasteiger partial charge in [0.15, 0.2) is 6.61 Å². The molecule has 0 aliphatic carbocycles. The van der Waals surface area contributed by atoms with E-state index in [9.17, 15) is 9.59 Å². The van der Waals surface area contributed by atoms with Gasteiger partial charge in [-0.1, -0.05) is 22.9 Å². The first-order valence-corrected chi connectivity index (χ1v) is 10.9. The number of hydrogen-bond donors (Lipinski definition) is 0. The van der Waals surface area contributed by atoms with Crippen LogP contribution in [0.1, 0.15) is 24.7 Å². The molecule has 0 N–H and O–H groups in total. The lowest BCUT2D eigenvalue weighted by molar-refractivity contribution is -0.142. The van der Waals surface area contributed by atoms with Gasteiger partial charge in [-0.3, -0.25) is 4.79 Å². The highest BCUT2D eigenvalue weighted by atomic mass is 79.9. The number of fused-ring (bicyclic) bond motifs is 1. The van der Waals surface area contributed by atoms with Crippen molar-refractivity contribution in [2.24, 2.45) is 5.10 Å². The molecule has 0 aliphatic heterocycles. The maximum atomic E-state index is 13.2. The Morgan fingerprint density at radius 1 is 1.25 bits per heavy atom. The Morgan fingerprint density at radius 2 is 2.03 bits per heavy atom. The van der Waals surface area contributed by atoms with Crippen molar-refractivity contribution in [3.05, 3.63) is 62.6 Å². The topological polar surface area (TPSA) is 86.0 Å². The number of esters is 1. The first kappa shape index (κ1) is 23.5. The number of methoxy groups -OCH3 is 1. The minimum Gasteiger partial charge on any atom is -0.481 e. The van der Waals surface area contributed by atoms with Gasteiger partial charge < -0.3 is 14.4 Å². The molecule has 0 atom stereocenters. The number of carbonyl (C=O) groups is 1. The van der Waals surface area contributed by atoms with Crippen molar-refractivity contribution in [3.63, 3.8) is 0 Å². The van der Waals surface area contributed by atoms with Crippen LogP contribution in [0.25, 0.3) is 10.9 Å². The van der Waals surface area contributed by atoms with E-state index in [0.717, 1.165) is 16.6 Å². The number of hydrogen-bond acceptors (Lipinski definition) is 7. The lowest BCUT2D eigenvalue weighted by Gasteiger charge is -2.16. The number of anilines is 1. The predicted octanol–water partition coefficient (Wildman–Crippen LogP) is 3.61. The molecule has 8 nitrogen and oxygen atoms in total. The van der Waals surface area contributed by atoms with E-state index in [0.29, 0.717) is 34.5 Å². The smallest absolute Gasteiger partial charge is 0.343 e. The van der Waals surface area contributed by atoms with Crippen LogP contribution in [0, 0.1) is 0 Å².